The minimum Gasteiger partial charge on any atom is -0.497 e. The summed E-state index contributed by atoms with van der Waals surface area (Å²) in [5.41, 5.74) is 0.737. The number of carbonyl (C=O) groups excluding carboxylic acids is 1. The van der Waals surface area contributed by atoms with E-state index in [1.807, 2.05) is 18.2 Å². The largest absolute Gasteiger partial charge is 0.497 e. The molecule has 1 aliphatic heterocycles. The minimum absolute atomic E-state index is 0.00282. The molecule has 3 rings (SSSR count). The lowest BCUT2D eigenvalue weighted by atomic mass is 9.89. The van der Waals surface area contributed by atoms with Gasteiger partial charge in [0.2, 0.25) is 5.91 Å². The number of methoxy groups -OCH3 is 1. The lowest BCUT2D eigenvalue weighted by Gasteiger charge is -2.38. The van der Waals surface area contributed by atoms with Crippen molar-refractivity contribution >= 4 is 5.91 Å². The number of ether oxygens (including phenoxy) is 2. The van der Waals surface area contributed by atoms with Crippen molar-refractivity contribution in [2.24, 2.45) is 5.92 Å². The van der Waals surface area contributed by atoms with Gasteiger partial charge in [-0.25, -0.2) is 0 Å². The first-order chi connectivity index (χ1) is 9.48. The molecular formula is C16H21NO3. The van der Waals surface area contributed by atoms with Crippen LogP contribution in [0.5, 0.6) is 11.5 Å². The quantitative estimate of drug-likeness (QED) is 0.922. The van der Waals surface area contributed by atoms with Crippen LogP contribution in [0, 0.1) is 5.92 Å². The fraction of sp³-hybridized carbons (Fsp3) is 0.562. The Balaban J connectivity index is 1.90. The number of rotatable bonds is 3. The summed E-state index contributed by atoms with van der Waals surface area (Å²) in [6, 6.07) is 5.77. The fourth-order valence-corrected chi connectivity index (χ4v) is 2.72. The van der Waals surface area contributed by atoms with Gasteiger partial charge in [-0.05, 0) is 44.9 Å². The average Bonchev–Trinajstić information content (AvgIpc) is 3.21. The van der Waals surface area contributed by atoms with Crippen molar-refractivity contribution in [3.05, 3.63) is 23.8 Å². The van der Waals surface area contributed by atoms with E-state index < -0.39 is 0 Å². The van der Waals surface area contributed by atoms with Crippen LogP contribution >= 0.6 is 0 Å². The molecule has 4 nitrogen and oxygen atoms in total. The Bertz CT molecular complexity index is 535. The second-order valence-corrected chi connectivity index (χ2v) is 6.31. The van der Waals surface area contributed by atoms with Crippen molar-refractivity contribution in [2.75, 3.05) is 7.11 Å². The van der Waals surface area contributed by atoms with Gasteiger partial charge in [0.05, 0.1) is 13.2 Å². The van der Waals surface area contributed by atoms with Crippen LogP contribution in [0.25, 0.3) is 0 Å². The van der Waals surface area contributed by atoms with Gasteiger partial charge in [0.1, 0.15) is 17.1 Å². The van der Waals surface area contributed by atoms with Crippen LogP contribution in [0.3, 0.4) is 0 Å². The van der Waals surface area contributed by atoms with Gasteiger partial charge in [-0.1, -0.05) is 0 Å². The molecule has 1 aromatic rings. The van der Waals surface area contributed by atoms with Crippen LogP contribution < -0.4 is 14.8 Å². The summed E-state index contributed by atoms with van der Waals surface area (Å²) in [6.45, 7) is 4.10. The molecule has 1 aromatic carbocycles. The molecule has 0 spiro atoms. The third kappa shape index (κ3) is 2.60. The molecule has 1 heterocycles. The van der Waals surface area contributed by atoms with Crippen LogP contribution in [-0.4, -0.2) is 18.6 Å². The maximum atomic E-state index is 12.1. The van der Waals surface area contributed by atoms with Crippen LogP contribution in [0.15, 0.2) is 18.2 Å². The van der Waals surface area contributed by atoms with Gasteiger partial charge in [0.15, 0.2) is 0 Å². The Morgan fingerprint density at radius 3 is 2.80 bits per heavy atom. The second kappa shape index (κ2) is 4.69. The van der Waals surface area contributed by atoms with Gasteiger partial charge in [-0.3, -0.25) is 4.79 Å². The van der Waals surface area contributed by atoms with Gasteiger partial charge in [-0.2, -0.15) is 0 Å². The van der Waals surface area contributed by atoms with Crippen molar-refractivity contribution < 1.29 is 14.3 Å². The molecule has 1 fully saturated rings. The summed E-state index contributed by atoms with van der Waals surface area (Å²) >= 11 is 0. The predicted molar refractivity (Wildman–Crippen MR) is 75.9 cm³/mol. The molecule has 1 amide bonds. The molecule has 0 bridgehead atoms. The lowest BCUT2D eigenvalue weighted by Crippen LogP contribution is -2.41. The number of nitrogens with one attached hydrogen (secondary N) is 1. The van der Waals surface area contributed by atoms with Gasteiger partial charge in [0.25, 0.3) is 0 Å². The van der Waals surface area contributed by atoms with Crippen LogP contribution in [0.1, 0.15) is 44.7 Å². The van der Waals surface area contributed by atoms with Crippen LogP contribution in [0.2, 0.25) is 0 Å². The summed E-state index contributed by atoms with van der Waals surface area (Å²) in [5.74, 6) is 2.01. The maximum Gasteiger partial charge on any atom is 0.223 e. The van der Waals surface area contributed by atoms with Crippen molar-refractivity contribution in [1.29, 1.82) is 0 Å². The molecule has 108 valence electrons. The summed E-state index contributed by atoms with van der Waals surface area (Å²) in [5, 5.41) is 3.17. The van der Waals surface area contributed by atoms with Crippen molar-refractivity contribution in [1.82, 2.24) is 5.32 Å². The van der Waals surface area contributed by atoms with Gasteiger partial charge < -0.3 is 14.8 Å². The molecule has 1 saturated carbocycles. The summed E-state index contributed by atoms with van der Waals surface area (Å²) < 4.78 is 11.3. The number of amides is 1. The molecule has 0 saturated heterocycles. The highest BCUT2D eigenvalue weighted by Crippen LogP contribution is 2.41. The van der Waals surface area contributed by atoms with Gasteiger partial charge in [0, 0.05) is 17.9 Å². The average molecular weight is 275 g/mol. The number of benzene rings is 1. The standard InChI is InChI=1S/C16H21NO3/c1-16(2)9-13(17-15(18)10-4-5-10)12-8-11(19-3)6-7-14(12)20-16/h6-8,10,13H,4-5,9H2,1-3H3,(H,17,18). The number of hydrogen-bond acceptors (Lipinski definition) is 3. The highest BCUT2D eigenvalue weighted by molar-refractivity contribution is 5.81. The van der Waals surface area contributed by atoms with Crippen LogP contribution in [0.4, 0.5) is 0 Å². The first-order valence-corrected chi connectivity index (χ1v) is 7.16. The molecule has 0 radical (unpaired) electrons. The molecular weight excluding hydrogens is 254 g/mol. The number of carbonyl (C=O) groups is 1. The Morgan fingerprint density at radius 1 is 1.40 bits per heavy atom. The summed E-state index contributed by atoms with van der Waals surface area (Å²) in [6.07, 6.45) is 2.80. The van der Waals surface area contributed by atoms with E-state index in [0.717, 1.165) is 36.3 Å². The van der Waals surface area contributed by atoms with Gasteiger partial charge in [-0.15, -0.1) is 0 Å². The zero-order valence-corrected chi connectivity index (χ0v) is 12.2. The molecule has 1 unspecified atom stereocenters. The highest BCUT2D eigenvalue weighted by atomic mass is 16.5. The molecule has 2 aliphatic rings. The van der Waals surface area contributed by atoms with Crippen LogP contribution in [-0.2, 0) is 4.79 Å². The topological polar surface area (TPSA) is 47.6 Å². The normalized spacial score (nSPS) is 23.4. The molecule has 20 heavy (non-hydrogen) atoms. The van der Waals surface area contributed by atoms with Crippen molar-refractivity contribution in [3.8, 4) is 11.5 Å². The predicted octanol–water partition coefficient (Wildman–Crippen LogP) is 2.82. The number of fused-ring (bicyclic) bond motifs is 1. The SMILES string of the molecule is COc1ccc2c(c1)C(NC(=O)C1CC1)CC(C)(C)O2. The van der Waals surface area contributed by atoms with E-state index in [4.69, 9.17) is 9.47 Å². The first kappa shape index (κ1) is 13.3. The van der Waals surface area contributed by atoms with E-state index in [0.29, 0.717) is 0 Å². The summed E-state index contributed by atoms with van der Waals surface area (Å²) in [4.78, 5) is 12.1. The van der Waals surface area contributed by atoms with E-state index in [-0.39, 0.29) is 23.5 Å². The highest BCUT2D eigenvalue weighted by Gasteiger charge is 2.37. The minimum atomic E-state index is -0.275. The monoisotopic (exact) mass is 275 g/mol. The zero-order chi connectivity index (χ0) is 14.3. The fourth-order valence-electron chi connectivity index (χ4n) is 2.72. The second-order valence-electron chi connectivity index (χ2n) is 6.31. The van der Waals surface area contributed by atoms with E-state index in [9.17, 15) is 4.79 Å². The maximum absolute atomic E-state index is 12.1. The Kier molecular flexibility index (Phi) is 3.11. The van der Waals surface area contributed by atoms with Crippen molar-refractivity contribution in [3.63, 3.8) is 0 Å². The van der Waals surface area contributed by atoms with Gasteiger partial charge >= 0.3 is 0 Å². The van der Waals surface area contributed by atoms with E-state index in [1.54, 1.807) is 7.11 Å². The Labute approximate surface area is 119 Å². The van der Waals surface area contributed by atoms with E-state index in [2.05, 4.69) is 19.2 Å². The summed E-state index contributed by atoms with van der Waals surface area (Å²) in [7, 11) is 1.65. The van der Waals surface area contributed by atoms with E-state index >= 15 is 0 Å². The molecule has 1 aliphatic carbocycles. The molecule has 1 atom stereocenters. The molecule has 4 heteroatoms. The molecule has 0 aromatic heterocycles. The zero-order valence-electron chi connectivity index (χ0n) is 12.2. The Morgan fingerprint density at radius 2 is 2.15 bits per heavy atom. The smallest absolute Gasteiger partial charge is 0.223 e. The Hall–Kier alpha value is -1.71. The van der Waals surface area contributed by atoms with Crippen molar-refractivity contribution in [2.45, 2.75) is 44.8 Å². The third-order valence-corrected chi connectivity index (χ3v) is 3.94. The first-order valence-electron chi connectivity index (χ1n) is 7.16. The van der Waals surface area contributed by atoms with E-state index in [1.165, 1.54) is 0 Å². The molecule has 1 N–H and O–H groups in total. The number of hydrogen-bond donors (Lipinski definition) is 1. The lowest BCUT2D eigenvalue weighted by molar-refractivity contribution is -0.123. The third-order valence-electron chi connectivity index (χ3n) is 3.94.